The molecule has 0 fully saturated rings. The van der Waals surface area contributed by atoms with Crippen LogP contribution >= 0.6 is 0 Å². The number of hydrogen-bond donors (Lipinski definition) is 0. The van der Waals surface area contributed by atoms with E-state index in [1.165, 1.54) is 62.2 Å². The second kappa shape index (κ2) is 26.1. The van der Waals surface area contributed by atoms with Crippen LogP contribution in [0, 0.1) is 5.92 Å². The van der Waals surface area contributed by atoms with Gasteiger partial charge in [-0.25, -0.2) is 0 Å². The van der Waals surface area contributed by atoms with E-state index in [1.807, 2.05) is 0 Å². The fourth-order valence-corrected chi connectivity index (χ4v) is 15.6. The molecule has 1 unspecified atom stereocenters. The quantitative estimate of drug-likeness (QED) is 0.116. The summed E-state index contributed by atoms with van der Waals surface area (Å²) in [5.74, 6) is 0.279. The second-order valence-electron chi connectivity index (χ2n) is 8.05. The molecule has 0 aliphatic heterocycles. The van der Waals surface area contributed by atoms with Crippen LogP contribution in [-0.2, 0) is 7.87 Å². The van der Waals surface area contributed by atoms with Crippen LogP contribution in [0.4, 0.5) is 0 Å². The van der Waals surface area contributed by atoms with Gasteiger partial charge in [0, 0.05) is 0 Å². The first-order valence-electron chi connectivity index (χ1n) is 12.5. The Morgan fingerprint density at radius 3 is 1.61 bits per heavy atom. The summed E-state index contributed by atoms with van der Waals surface area (Å²) in [6, 6.07) is 0. The molecule has 0 aromatic carbocycles. The summed E-state index contributed by atoms with van der Waals surface area (Å²) in [5, 5.41) is 0. The van der Waals surface area contributed by atoms with E-state index in [-0.39, 0.29) is 11.9 Å². The van der Waals surface area contributed by atoms with E-state index in [9.17, 15) is 4.79 Å². The van der Waals surface area contributed by atoms with Gasteiger partial charge in [0.15, 0.2) is 0 Å². The van der Waals surface area contributed by atoms with Crippen LogP contribution in [0.1, 0.15) is 119 Å². The van der Waals surface area contributed by atoms with E-state index >= 15 is 0 Å². The third kappa shape index (κ3) is 21.8. The Morgan fingerprint density at radius 1 is 0.750 bits per heavy atom. The Labute approximate surface area is 196 Å². The first-order valence-corrected chi connectivity index (χ1v) is 22.2. The topological polar surface area (TPSA) is 26.3 Å². The molecule has 0 aromatic heterocycles. The van der Waals surface area contributed by atoms with Gasteiger partial charge in [-0.05, 0) is 0 Å². The standard InChI is InChI=1S/C8H16O2.4C4H9.2Sn.H/c1-3-5-6-7(4-2)8(9)10;4*1-3-4-2;;;/h7H,3-6H2,1-2H3,(H,9,10);4*1,3-4H2,2H3;;;/q;;;;;;+1;/p-1. The van der Waals surface area contributed by atoms with E-state index in [2.05, 4.69) is 41.5 Å². The van der Waals surface area contributed by atoms with Crippen molar-refractivity contribution in [3.8, 4) is 0 Å². The number of carbonyl (C=O) groups is 1. The minimum absolute atomic E-state index is 0.100. The van der Waals surface area contributed by atoms with Gasteiger partial charge in [-0.1, -0.05) is 0 Å². The summed E-state index contributed by atoms with van der Waals surface area (Å²) in [7, 11) is 0. The summed E-state index contributed by atoms with van der Waals surface area (Å²) < 4.78 is 11.7. The molecule has 168 valence electrons. The minimum atomic E-state index is -1.01. The molecule has 0 rings (SSSR count). The summed E-state index contributed by atoms with van der Waals surface area (Å²) in [6.07, 6.45) is 15.6. The van der Waals surface area contributed by atoms with Gasteiger partial charge in [0.2, 0.25) is 0 Å². The summed E-state index contributed by atoms with van der Waals surface area (Å²) in [6.45, 7) is 13.4. The fourth-order valence-electron chi connectivity index (χ4n) is 3.12. The average molecular weight is 610 g/mol. The molecule has 0 aliphatic carbocycles. The number of carbonyl (C=O) groups excluding carboxylic acids is 1. The van der Waals surface area contributed by atoms with Crippen molar-refractivity contribution < 1.29 is 7.87 Å². The molecule has 0 spiro atoms. The first-order chi connectivity index (χ1) is 13.6. The SMILES string of the molecule is CCC[CH2][SnH][O]C(=O)C(CC)CCCC.CCC[CH2][Sn]([CH2]CCC)[CH2]CCC. The third-order valence-electron chi connectivity index (χ3n) is 5.26. The molecule has 0 heterocycles. The van der Waals surface area contributed by atoms with Crippen LogP contribution < -0.4 is 0 Å². The molecule has 0 N–H and O–H groups in total. The van der Waals surface area contributed by atoms with Crippen LogP contribution in [0.15, 0.2) is 0 Å². The molecule has 0 bridgehead atoms. The Bertz CT molecular complexity index is 292. The van der Waals surface area contributed by atoms with Gasteiger partial charge in [-0.3, -0.25) is 0 Å². The van der Waals surface area contributed by atoms with Gasteiger partial charge in [0.25, 0.3) is 0 Å². The van der Waals surface area contributed by atoms with Crippen molar-refractivity contribution in [2.75, 3.05) is 0 Å². The summed E-state index contributed by atoms with van der Waals surface area (Å²) in [4.78, 5) is 11.7. The molecule has 0 aliphatic rings. The Hall–Kier alpha value is 1.07. The van der Waals surface area contributed by atoms with Gasteiger partial charge >= 0.3 is 197 Å². The van der Waals surface area contributed by atoms with E-state index in [1.54, 1.807) is 13.3 Å². The molecule has 0 saturated heterocycles. The van der Waals surface area contributed by atoms with Crippen molar-refractivity contribution in [1.82, 2.24) is 0 Å². The molecule has 0 amide bonds. The zero-order chi connectivity index (χ0) is 21.5. The first kappa shape index (κ1) is 31.3. The van der Waals surface area contributed by atoms with Crippen molar-refractivity contribution in [3.05, 3.63) is 0 Å². The second-order valence-corrected chi connectivity index (χ2v) is 19.9. The van der Waals surface area contributed by atoms with Crippen molar-refractivity contribution in [1.29, 1.82) is 0 Å². The number of rotatable bonds is 18. The average Bonchev–Trinajstić information content (AvgIpc) is 2.71. The predicted molar refractivity (Wildman–Crippen MR) is 131 cm³/mol. The van der Waals surface area contributed by atoms with Crippen LogP contribution in [0.25, 0.3) is 0 Å². The maximum absolute atomic E-state index is 11.7. The third-order valence-corrected chi connectivity index (χ3v) is 17.3. The molecular formula is C24H52O2Sn2. The summed E-state index contributed by atoms with van der Waals surface area (Å²) >= 11 is -1.85. The van der Waals surface area contributed by atoms with Crippen molar-refractivity contribution in [3.63, 3.8) is 0 Å². The molecule has 0 saturated carbocycles. The van der Waals surface area contributed by atoms with Crippen LogP contribution in [0.5, 0.6) is 0 Å². The van der Waals surface area contributed by atoms with Gasteiger partial charge in [0.05, 0.1) is 0 Å². The predicted octanol–water partition coefficient (Wildman–Crippen LogP) is 8.20. The maximum atomic E-state index is 11.7. The zero-order valence-corrected chi connectivity index (χ0v) is 26.4. The van der Waals surface area contributed by atoms with Crippen LogP contribution in [0.3, 0.4) is 0 Å². The van der Waals surface area contributed by atoms with Gasteiger partial charge in [-0.15, -0.1) is 0 Å². The van der Waals surface area contributed by atoms with E-state index in [0.717, 1.165) is 19.3 Å². The van der Waals surface area contributed by atoms with Crippen LogP contribution in [-0.4, -0.2) is 47.3 Å². The molecular weight excluding hydrogens is 558 g/mol. The van der Waals surface area contributed by atoms with E-state index in [4.69, 9.17) is 3.07 Å². The summed E-state index contributed by atoms with van der Waals surface area (Å²) in [5.41, 5.74) is 0. The molecule has 0 aromatic rings. The Balaban J connectivity index is 0. The van der Waals surface area contributed by atoms with Gasteiger partial charge < -0.3 is 0 Å². The molecule has 1 atom stereocenters. The van der Waals surface area contributed by atoms with Gasteiger partial charge in [0.1, 0.15) is 0 Å². The van der Waals surface area contributed by atoms with Gasteiger partial charge in [-0.2, -0.15) is 0 Å². The Kier molecular flexibility index (Phi) is 29.1. The van der Waals surface area contributed by atoms with Crippen LogP contribution in [0.2, 0.25) is 17.7 Å². The number of hydrogen-bond acceptors (Lipinski definition) is 2. The zero-order valence-electron chi connectivity index (χ0n) is 20.3. The fraction of sp³-hybridized carbons (Fsp3) is 0.958. The molecule has 4 heteroatoms. The monoisotopic (exact) mass is 612 g/mol. The normalized spacial score (nSPS) is 11.8. The van der Waals surface area contributed by atoms with Crippen molar-refractivity contribution in [2.24, 2.45) is 5.92 Å². The number of unbranched alkanes of at least 4 members (excludes halogenated alkanes) is 5. The van der Waals surface area contributed by atoms with E-state index < -0.39 is 41.3 Å². The van der Waals surface area contributed by atoms with Crippen molar-refractivity contribution in [2.45, 2.75) is 136 Å². The molecule has 2 radical (unpaired) electrons. The Morgan fingerprint density at radius 2 is 1.21 bits per heavy atom. The molecule has 28 heavy (non-hydrogen) atoms. The van der Waals surface area contributed by atoms with Crippen molar-refractivity contribution >= 4 is 47.3 Å². The molecule has 2 nitrogen and oxygen atoms in total. The van der Waals surface area contributed by atoms with E-state index in [0.29, 0.717) is 0 Å².